The van der Waals surface area contributed by atoms with E-state index < -0.39 is 0 Å². The third kappa shape index (κ3) is 3.25. The molecule has 0 radical (unpaired) electrons. The molecular weight excluding hydrogens is 292 g/mol. The Hall–Kier alpha value is -0.580. The van der Waals surface area contributed by atoms with Crippen molar-refractivity contribution in [1.82, 2.24) is 0 Å². The monoisotopic (exact) mass is 312 g/mol. The lowest BCUT2D eigenvalue weighted by Crippen LogP contribution is -2.35. The van der Waals surface area contributed by atoms with E-state index in [1.165, 1.54) is 31.4 Å². The minimum Gasteiger partial charge on any atom is -0.395 e. The molecule has 0 unspecified atom stereocenters. The molecule has 4 heteroatoms. The van der Waals surface area contributed by atoms with Crippen LogP contribution in [0.3, 0.4) is 0 Å². The van der Waals surface area contributed by atoms with Crippen LogP contribution in [0.4, 0.5) is 5.69 Å². The summed E-state index contributed by atoms with van der Waals surface area (Å²) in [6.45, 7) is 1.44. The van der Waals surface area contributed by atoms with Gasteiger partial charge in [0.25, 0.3) is 0 Å². The first kappa shape index (κ1) is 13.8. The third-order valence-electron chi connectivity index (χ3n) is 3.62. The lowest BCUT2D eigenvalue weighted by Gasteiger charge is -2.31. The Balaban J connectivity index is 2.25. The maximum absolute atomic E-state index is 9.28. The van der Waals surface area contributed by atoms with Gasteiger partial charge in [-0.05, 0) is 36.6 Å². The van der Waals surface area contributed by atoms with Crippen LogP contribution in [0.1, 0.15) is 31.2 Å². The fourth-order valence-corrected chi connectivity index (χ4v) is 3.29. The number of hydrogen-bond acceptors (Lipinski definition) is 3. The molecule has 0 aliphatic heterocycles. The number of nitrogens with zero attached hydrogens (tertiary/aromatic N) is 1. The van der Waals surface area contributed by atoms with Crippen molar-refractivity contribution >= 4 is 21.6 Å². The zero-order valence-electron chi connectivity index (χ0n) is 10.6. The van der Waals surface area contributed by atoms with E-state index in [0.717, 1.165) is 10.0 Å². The molecule has 0 heterocycles. The smallest absolute Gasteiger partial charge is 0.0606 e. The number of nitrogens with two attached hydrogens (primary N) is 1. The Morgan fingerprint density at radius 2 is 2.00 bits per heavy atom. The van der Waals surface area contributed by atoms with E-state index in [0.29, 0.717) is 19.1 Å². The second-order valence-corrected chi connectivity index (χ2v) is 5.79. The largest absolute Gasteiger partial charge is 0.395 e. The summed E-state index contributed by atoms with van der Waals surface area (Å²) in [5, 5.41) is 9.28. The molecule has 0 atom stereocenters. The van der Waals surface area contributed by atoms with Crippen LogP contribution in [0.5, 0.6) is 0 Å². The Morgan fingerprint density at radius 1 is 1.28 bits per heavy atom. The van der Waals surface area contributed by atoms with Gasteiger partial charge in [-0.25, -0.2) is 0 Å². The molecule has 1 fully saturated rings. The van der Waals surface area contributed by atoms with Crippen LogP contribution in [0.15, 0.2) is 22.7 Å². The minimum absolute atomic E-state index is 0.195. The summed E-state index contributed by atoms with van der Waals surface area (Å²) in [5.74, 6) is 0. The van der Waals surface area contributed by atoms with Gasteiger partial charge in [-0.3, -0.25) is 0 Å². The van der Waals surface area contributed by atoms with E-state index in [-0.39, 0.29) is 6.61 Å². The molecule has 18 heavy (non-hydrogen) atoms. The number of halogens is 1. The lowest BCUT2D eigenvalue weighted by atomic mass is 10.1. The Labute approximate surface area is 117 Å². The number of aliphatic hydroxyl groups is 1. The van der Waals surface area contributed by atoms with Gasteiger partial charge < -0.3 is 15.7 Å². The van der Waals surface area contributed by atoms with E-state index in [2.05, 4.69) is 39.0 Å². The van der Waals surface area contributed by atoms with Crippen molar-refractivity contribution in [3.63, 3.8) is 0 Å². The maximum atomic E-state index is 9.28. The number of aliphatic hydroxyl groups excluding tert-OH is 1. The van der Waals surface area contributed by atoms with E-state index in [4.69, 9.17) is 5.73 Å². The van der Waals surface area contributed by atoms with E-state index in [9.17, 15) is 5.11 Å². The van der Waals surface area contributed by atoms with Crippen molar-refractivity contribution in [3.05, 3.63) is 28.2 Å². The molecule has 3 nitrogen and oxygen atoms in total. The van der Waals surface area contributed by atoms with Crippen LogP contribution < -0.4 is 10.6 Å². The van der Waals surface area contributed by atoms with Crippen LogP contribution in [-0.2, 0) is 6.54 Å². The second-order valence-electron chi connectivity index (χ2n) is 4.88. The third-order valence-corrected chi connectivity index (χ3v) is 4.07. The van der Waals surface area contributed by atoms with Crippen LogP contribution in [0.25, 0.3) is 0 Å². The molecule has 1 aliphatic carbocycles. The predicted octanol–water partition coefficient (Wildman–Crippen LogP) is 2.65. The maximum Gasteiger partial charge on any atom is 0.0606 e. The molecule has 0 amide bonds. The van der Waals surface area contributed by atoms with Crippen molar-refractivity contribution < 1.29 is 5.11 Å². The normalized spacial score (nSPS) is 16.2. The topological polar surface area (TPSA) is 49.5 Å². The fourth-order valence-electron chi connectivity index (χ4n) is 2.76. The highest BCUT2D eigenvalue weighted by molar-refractivity contribution is 9.10. The SMILES string of the molecule is NCc1cc(Br)cc(N(CCO)C2CCCC2)c1. The Kier molecular flexibility index (Phi) is 5.03. The fraction of sp³-hybridized carbons (Fsp3) is 0.571. The van der Waals surface area contributed by atoms with E-state index in [1.54, 1.807) is 0 Å². The molecule has 1 aromatic carbocycles. The summed E-state index contributed by atoms with van der Waals surface area (Å²) in [4.78, 5) is 2.33. The van der Waals surface area contributed by atoms with Crippen molar-refractivity contribution in [2.24, 2.45) is 5.73 Å². The van der Waals surface area contributed by atoms with Crippen LogP contribution in [0.2, 0.25) is 0 Å². The first-order valence-electron chi connectivity index (χ1n) is 6.61. The lowest BCUT2D eigenvalue weighted by molar-refractivity contribution is 0.297. The van der Waals surface area contributed by atoms with Crippen molar-refractivity contribution in [2.45, 2.75) is 38.3 Å². The predicted molar refractivity (Wildman–Crippen MR) is 78.7 cm³/mol. The number of benzene rings is 1. The van der Waals surface area contributed by atoms with Gasteiger partial charge in [-0.2, -0.15) is 0 Å². The highest BCUT2D eigenvalue weighted by Crippen LogP contribution is 2.30. The summed E-state index contributed by atoms with van der Waals surface area (Å²) >= 11 is 3.54. The number of hydrogen-bond donors (Lipinski definition) is 2. The molecule has 1 saturated carbocycles. The average Bonchev–Trinajstić information content (AvgIpc) is 2.88. The molecular formula is C14H21BrN2O. The summed E-state index contributed by atoms with van der Waals surface area (Å²) in [6.07, 6.45) is 5.05. The highest BCUT2D eigenvalue weighted by Gasteiger charge is 2.22. The van der Waals surface area contributed by atoms with Crippen LogP contribution in [0, 0.1) is 0 Å². The highest BCUT2D eigenvalue weighted by atomic mass is 79.9. The average molecular weight is 313 g/mol. The molecule has 3 N–H and O–H groups in total. The Morgan fingerprint density at radius 3 is 2.61 bits per heavy atom. The van der Waals surface area contributed by atoms with Gasteiger partial charge in [-0.1, -0.05) is 28.8 Å². The van der Waals surface area contributed by atoms with Crippen LogP contribution in [-0.4, -0.2) is 24.3 Å². The molecule has 0 bridgehead atoms. The molecule has 1 aromatic rings. The zero-order chi connectivity index (χ0) is 13.0. The van der Waals surface area contributed by atoms with Crippen molar-refractivity contribution in [2.75, 3.05) is 18.1 Å². The molecule has 100 valence electrons. The van der Waals surface area contributed by atoms with E-state index >= 15 is 0 Å². The molecule has 0 saturated heterocycles. The summed E-state index contributed by atoms with van der Waals surface area (Å²) in [6, 6.07) is 6.87. The van der Waals surface area contributed by atoms with Gasteiger partial charge in [0.1, 0.15) is 0 Å². The van der Waals surface area contributed by atoms with E-state index in [1.807, 2.05) is 0 Å². The van der Waals surface area contributed by atoms with Crippen molar-refractivity contribution in [1.29, 1.82) is 0 Å². The standard InChI is InChI=1S/C14H21BrN2O/c15-12-7-11(10-16)8-14(9-12)17(5-6-18)13-3-1-2-4-13/h7-9,13,18H,1-6,10,16H2. The van der Waals surface area contributed by atoms with Gasteiger partial charge in [0.2, 0.25) is 0 Å². The number of rotatable bonds is 5. The number of anilines is 1. The molecule has 1 aliphatic rings. The van der Waals surface area contributed by atoms with Crippen molar-refractivity contribution in [3.8, 4) is 0 Å². The summed E-state index contributed by atoms with van der Waals surface area (Å²) in [5.41, 5.74) is 8.02. The van der Waals surface area contributed by atoms with Gasteiger partial charge in [0.15, 0.2) is 0 Å². The molecule has 0 spiro atoms. The van der Waals surface area contributed by atoms with Crippen LogP contribution >= 0.6 is 15.9 Å². The second kappa shape index (κ2) is 6.55. The van der Waals surface area contributed by atoms with Gasteiger partial charge in [-0.15, -0.1) is 0 Å². The van der Waals surface area contributed by atoms with Gasteiger partial charge >= 0.3 is 0 Å². The first-order valence-corrected chi connectivity index (χ1v) is 7.41. The first-order chi connectivity index (χ1) is 8.74. The molecule has 0 aromatic heterocycles. The van der Waals surface area contributed by atoms with Gasteiger partial charge in [0, 0.05) is 29.3 Å². The van der Waals surface area contributed by atoms with Gasteiger partial charge in [0.05, 0.1) is 6.61 Å². The Bertz CT molecular complexity index is 391. The zero-order valence-corrected chi connectivity index (χ0v) is 12.2. The summed E-state index contributed by atoms with van der Waals surface area (Å²) < 4.78 is 1.06. The summed E-state index contributed by atoms with van der Waals surface area (Å²) in [7, 11) is 0. The quantitative estimate of drug-likeness (QED) is 0.878. The minimum atomic E-state index is 0.195. The molecule has 2 rings (SSSR count).